The van der Waals surface area contributed by atoms with Gasteiger partial charge in [-0.15, -0.1) is 0 Å². The van der Waals surface area contributed by atoms with E-state index in [1.165, 1.54) is 0 Å². The van der Waals surface area contributed by atoms with Crippen LogP contribution in [0, 0.1) is 11.3 Å². The van der Waals surface area contributed by atoms with Gasteiger partial charge in [-0.3, -0.25) is 4.79 Å². The number of benzene rings is 1. The molecule has 0 heterocycles. The normalized spacial score (nSPS) is 14.8. The first-order chi connectivity index (χ1) is 15.6. The molecule has 0 radical (unpaired) electrons. The molecule has 0 saturated carbocycles. The summed E-state index contributed by atoms with van der Waals surface area (Å²) in [6, 6.07) is 1.72. The van der Waals surface area contributed by atoms with Crippen molar-refractivity contribution < 1.29 is 71.3 Å². The number of carbonyl (C=O) groups is 1. The Bertz CT molecular complexity index is 983. The highest BCUT2D eigenvalue weighted by Gasteiger charge is 2.91. The molecule has 1 aromatic rings. The molecule has 198 valence electrons. The molecule has 0 amide bonds. The fourth-order valence-corrected chi connectivity index (χ4v) is 2.60. The second-order valence-corrected chi connectivity index (χ2v) is 6.64. The van der Waals surface area contributed by atoms with Gasteiger partial charge in [0, 0.05) is 5.56 Å². The summed E-state index contributed by atoms with van der Waals surface area (Å²) in [6.45, 7) is 0.638. The van der Waals surface area contributed by atoms with Crippen LogP contribution >= 0.6 is 0 Å². The van der Waals surface area contributed by atoms with Crippen molar-refractivity contribution in [2.75, 3.05) is 13.7 Å². The van der Waals surface area contributed by atoms with Crippen molar-refractivity contribution in [3.05, 3.63) is 29.3 Å². The van der Waals surface area contributed by atoms with E-state index in [2.05, 4.69) is 9.47 Å². The highest BCUT2D eigenvalue weighted by atomic mass is 19.4. The summed E-state index contributed by atoms with van der Waals surface area (Å²) in [7, 11) is 0.717. The quantitative estimate of drug-likeness (QED) is 0.284. The molecule has 0 N–H and O–H groups in total. The lowest BCUT2D eigenvalue weighted by Crippen LogP contribution is -2.69. The number of hydrogen-bond donors (Lipinski definition) is 0. The Morgan fingerprint density at radius 3 is 1.77 bits per heavy atom. The second-order valence-electron chi connectivity index (χ2n) is 6.64. The SMILES string of the molecule is CCOC(=O)C(C#N)c1ccc(OC)cc1C(F)(F)C(F)(F)C(F)(F)C(F)(F)C(F)(F)C(F)(F)F. The first kappa shape index (κ1) is 30.1. The Morgan fingerprint density at radius 1 is 0.886 bits per heavy atom. The first-order valence-corrected chi connectivity index (χ1v) is 8.80. The first-order valence-electron chi connectivity index (χ1n) is 8.80. The Morgan fingerprint density at radius 2 is 1.37 bits per heavy atom. The van der Waals surface area contributed by atoms with Crippen molar-refractivity contribution in [2.24, 2.45) is 0 Å². The molecular formula is C18H12F13NO3. The predicted molar refractivity (Wildman–Crippen MR) is 87.7 cm³/mol. The minimum atomic E-state index is -8.10. The zero-order valence-electron chi connectivity index (χ0n) is 17.1. The molecule has 0 aromatic heterocycles. The van der Waals surface area contributed by atoms with Gasteiger partial charge >= 0.3 is 41.8 Å². The maximum absolute atomic E-state index is 14.8. The largest absolute Gasteiger partial charge is 0.497 e. The second kappa shape index (κ2) is 9.26. The van der Waals surface area contributed by atoms with E-state index in [1.807, 2.05) is 0 Å². The van der Waals surface area contributed by atoms with Crippen LogP contribution in [0.4, 0.5) is 57.1 Å². The van der Waals surface area contributed by atoms with Crippen LogP contribution in [0.5, 0.6) is 5.75 Å². The summed E-state index contributed by atoms with van der Waals surface area (Å²) in [5.74, 6) is -43.5. The van der Waals surface area contributed by atoms with Gasteiger partial charge in [0.15, 0.2) is 5.92 Å². The number of carbonyl (C=O) groups excluding carboxylic acids is 1. The van der Waals surface area contributed by atoms with E-state index < -0.39 is 71.2 Å². The number of ether oxygens (including phenoxy) is 2. The summed E-state index contributed by atoms with van der Waals surface area (Å²) in [4.78, 5) is 11.9. The monoisotopic (exact) mass is 537 g/mol. The highest BCUT2D eigenvalue weighted by Crippen LogP contribution is 2.62. The third kappa shape index (κ3) is 4.54. The average molecular weight is 537 g/mol. The van der Waals surface area contributed by atoms with Crippen molar-refractivity contribution in [2.45, 2.75) is 48.6 Å². The van der Waals surface area contributed by atoms with Crippen molar-refractivity contribution in [1.82, 2.24) is 0 Å². The number of halogens is 13. The Labute approximate surface area is 187 Å². The average Bonchev–Trinajstić information content (AvgIpc) is 2.73. The van der Waals surface area contributed by atoms with Crippen molar-refractivity contribution in [3.63, 3.8) is 0 Å². The number of hydrogen-bond acceptors (Lipinski definition) is 4. The van der Waals surface area contributed by atoms with E-state index in [-0.39, 0.29) is 12.1 Å². The number of esters is 1. The smallest absolute Gasteiger partial charge is 0.460 e. The van der Waals surface area contributed by atoms with Crippen LogP contribution in [0.2, 0.25) is 0 Å². The molecule has 0 bridgehead atoms. The third-order valence-corrected chi connectivity index (χ3v) is 4.49. The number of methoxy groups -OCH3 is 1. The minimum absolute atomic E-state index is 0.219. The topological polar surface area (TPSA) is 59.3 Å². The number of alkyl halides is 13. The lowest BCUT2D eigenvalue weighted by molar-refractivity contribution is -0.441. The van der Waals surface area contributed by atoms with E-state index in [0.717, 1.165) is 20.1 Å². The maximum atomic E-state index is 14.8. The molecule has 35 heavy (non-hydrogen) atoms. The third-order valence-electron chi connectivity index (χ3n) is 4.49. The van der Waals surface area contributed by atoms with Crippen LogP contribution in [-0.2, 0) is 15.5 Å². The van der Waals surface area contributed by atoms with Gasteiger partial charge in [0.25, 0.3) is 0 Å². The van der Waals surface area contributed by atoms with Gasteiger partial charge in [0.05, 0.1) is 19.8 Å². The number of rotatable bonds is 9. The van der Waals surface area contributed by atoms with Crippen LogP contribution in [0.1, 0.15) is 24.0 Å². The Balaban J connectivity index is 3.91. The summed E-state index contributed by atoms with van der Waals surface area (Å²) in [5, 5.41) is 9.07. The standard InChI is InChI=1S/C18H12F13NO3/c1-3-35-12(33)10(7-32)9-5-4-8(34-2)6-11(9)13(19,20)14(21,22)15(23,24)16(25,26)17(27,28)18(29,30)31/h4-6,10H,3H2,1-2H3. The summed E-state index contributed by atoms with van der Waals surface area (Å²) in [5.41, 5.74) is -4.01. The van der Waals surface area contributed by atoms with Crippen LogP contribution in [0.15, 0.2) is 18.2 Å². The molecule has 1 atom stereocenters. The molecule has 0 aliphatic carbocycles. The molecule has 4 nitrogen and oxygen atoms in total. The molecule has 0 aliphatic heterocycles. The van der Waals surface area contributed by atoms with Crippen LogP contribution < -0.4 is 4.74 Å². The zero-order chi connectivity index (χ0) is 27.8. The van der Waals surface area contributed by atoms with Gasteiger partial charge in [-0.1, -0.05) is 6.07 Å². The Hall–Kier alpha value is -2.93. The van der Waals surface area contributed by atoms with Gasteiger partial charge in [-0.2, -0.15) is 62.3 Å². The van der Waals surface area contributed by atoms with Gasteiger partial charge in [0.2, 0.25) is 0 Å². The van der Waals surface area contributed by atoms with Crippen LogP contribution in [0.3, 0.4) is 0 Å². The number of nitrogens with zero attached hydrogens (tertiary/aromatic N) is 1. The van der Waals surface area contributed by atoms with Gasteiger partial charge in [0.1, 0.15) is 5.75 Å². The fourth-order valence-electron chi connectivity index (χ4n) is 2.60. The fraction of sp³-hybridized carbons (Fsp3) is 0.556. The molecule has 0 aliphatic rings. The zero-order valence-corrected chi connectivity index (χ0v) is 17.1. The van der Waals surface area contributed by atoms with E-state index in [0.29, 0.717) is 6.07 Å². The van der Waals surface area contributed by atoms with Crippen molar-refractivity contribution >= 4 is 5.97 Å². The lowest BCUT2D eigenvalue weighted by Gasteiger charge is -2.40. The summed E-state index contributed by atoms with van der Waals surface area (Å²) < 4.78 is 185. The molecule has 0 saturated heterocycles. The minimum Gasteiger partial charge on any atom is -0.497 e. The molecule has 17 heteroatoms. The van der Waals surface area contributed by atoms with E-state index in [1.54, 1.807) is 0 Å². The van der Waals surface area contributed by atoms with Gasteiger partial charge < -0.3 is 9.47 Å². The maximum Gasteiger partial charge on any atom is 0.460 e. The van der Waals surface area contributed by atoms with E-state index in [9.17, 15) is 61.9 Å². The molecule has 0 fully saturated rings. The molecular weight excluding hydrogens is 525 g/mol. The lowest BCUT2D eigenvalue weighted by atomic mass is 9.85. The molecule has 1 rings (SSSR count). The summed E-state index contributed by atoms with van der Waals surface area (Å²) >= 11 is 0. The highest BCUT2D eigenvalue weighted by molar-refractivity contribution is 5.82. The molecule has 0 spiro atoms. The molecule has 1 aromatic carbocycles. The van der Waals surface area contributed by atoms with Gasteiger partial charge in [-0.05, 0) is 24.6 Å². The number of nitriles is 1. The predicted octanol–water partition coefficient (Wildman–Crippen LogP) is 6.06. The Kier molecular flexibility index (Phi) is 7.97. The molecule has 1 unspecified atom stereocenters. The summed E-state index contributed by atoms with van der Waals surface area (Å²) in [6.07, 6.45) is -7.55. The van der Waals surface area contributed by atoms with Crippen molar-refractivity contribution in [1.29, 1.82) is 5.26 Å². The van der Waals surface area contributed by atoms with Crippen LogP contribution in [0.25, 0.3) is 0 Å². The van der Waals surface area contributed by atoms with Crippen molar-refractivity contribution in [3.8, 4) is 11.8 Å². The van der Waals surface area contributed by atoms with Crippen LogP contribution in [-0.4, -0.2) is 49.6 Å². The van der Waals surface area contributed by atoms with E-state index in [4.69, 9.17) is 5.26 Å². The van der Waals surface area contributed by atoms with Gasteiger partial charge in [-0.25, -0.2) is 0 Å². The van der Waals surface area contributed by atoms with E-state index >= 15 is 0 Å².